The van der Waals surface area contributed by atoms with Crippen molar-refractivity contribution >= 4 is 34.5 Å². The predicted molar refractivity (Wildman–Crippen MR) is 106 cm³/mol. The molecule has 2 aromatic rings. The minimum atomic E-state index is -0.588. The highest BCUT2D eigenvalue weighted by Crippen LogP contribution is 2.23. The molecule has 0 radical (unpaired) electrons. The van der Waals surface area contributed by atoms with Gasteiger partial charge in [0.1, 0.15) is 23.3 Å². The minimum Gasteiger partial charge on any atom is -0.444 e. The van der Waals surface area contributed by atoms with Gasteiger partial charge in [-0.05, 0) is 33.1 Å². The predicted octanol–water partition coefficient (Wildman–Crippen LogP) is 2.14. The van der Waals surface area contributed by atoms with Gasteiger partial charge in [0, 0.05) is 25.7 Å². The number of carbonyl (C=O) groups excluding carboxylic acids is 1. The van der Waals surface area contributed by atoms with Crippen molar-refractivity contribution in [2.75, 3.05) is 25.0 Å². The standard InChI is InChI=1S/C19H27ClN5O3/c1-19(2,3)28-18(27)25-10-12(7-13(26)11-25)9-22-17-16-14(8-15(20)23-17)21-5-6-24(16)4/h5-6,8,12-13,26H,7,9-11H2,1-4H3,(H,22,23)/q+1. The number of ether oxygens (including phenoxy) is 1. The van der Waals surface area contributed by atoms with E-state index in [-0.39, 0.29) is 12.5 Å². The number of aliphatic hydroxyl groups excluding tert-OH is 1. The van der Waals surface area contributed by atoms with Gasteiger partial charge in [-0.15, -0.1) is 0 Å². The fraction of sp³-hybridized carbons (Fsp3) is 0.579. The number of anilines is 1. The van der Waals surface area contributed by atoms with E-state index in [9.17, 15) is 9.90 Å². The molecule has 28 heavy (non-hydrogen) atoms. The van der Waals surface area contributed by atoms with Crippen LogP contribution < -0.4 is 9.88 Å². The summed E-state index contributed by atoms with van der Waals surface area (Å²) in [7, 11) is 1.92. The molecule has 1 fully saturated rings. The van der Waals surface area contributed by atoms with Crippen LogP contribution in [0.15, 0.2) is 18.5 Å². The van der Waals surface area contributed by atoms with Crippen LogP contribution in [0.25, 0.3) is 11.0 Å². The Labute approximate surface area is 169 Å². The van der Waals surface area contributed by atoms with Crippen LogP contribution in [0.3, 0.4) is 0 Å². The number of piperidine rings is 1. The van der Waals surface area contributed by atoms with Crippen molar-refractivity contribution in [1.29, 1.82) is 0 Å². The van der Waals surface area contributed by atoms with Gasteiger partial charge >= 0.3 is 6.09 Å². The summed E-state index contributed by atoms with van der Waals surface area (Å²) in [5.74, 6) is 0.677. The molecule has 3 rings (SSSR count). The zero-order valence-corrected chi connectivity index (χ0v) is 17.4. The number of aryl methyl sites for hydroxylation is 1. The van der Waals surface area contributed by atoms with Crippen LogP contribution in [0.2, 0.25) is 5.15 Å². The third-order valence-corrected chi connectivity index (χ3v) is 4.72. The Morgan fingerprint density at radius 3 is 2.93 bits per heavy atom. The number of fused-ring (bicyclic) bond motifs is 1. The van der Waals surface area contributed by atoms with E-state index in [4.69, 9.17) is 16.3 Å². The minimum absolute atomic E-state index is 0.0501. The lowest BCUT2D eigenvalue weighted by atomic mass is 9.96. The SMILES string of the molecule is C[n+]1ccnc2cc(Cl)nc(NCC3CC(O)CN(C(=O)OC(C)(C)C)C3)c21. The molecule has 0 spiro atoms. The van der Waals surface area contributed by atoms with Crippen molar-refractivity contribution in [2.24, 2.45) is 13.0 Å². The number of likely N-dealkylation sites (tertiary alicyclic amines) is 1. The fourth-order valence-corrected chi connectivity index (χ4v) is 3.58. The Morgan fingerprint density at radius 2 is 2.21 bits per heavy atom. The molecule has 2 atom stereocenters. The van der Waals surface area contributed by atoms with Crippen LogP contribution in [-0.2, 0) is 11.8 Å². The molecule has 2 N–H and O–H groups in total. The number of aromatic nitrogens is 3. The first-order valence-corrected chi connectivity index (χ1v) is 9.71. The summed E-state index contributed by atoms with van der Waals surface area (Å²) in [5, 5.41) is 13.9. The molecule has 1 saturated heterocycles. The third kappa shape index (κ3) is 4.99. The van der Waals surface area contributed by atoms with E-state index in [2.05, 4.69) is 15.3 Å². The van der Waals surface area contributed by atoms with Crippen LogP contribution >= 0.6 is 11.6 Å². The summed E-state index contributed by atoms with van der Waals surface area (Å²) in [5.41, 5.74) is 1.01. The first-order valence-electron chi connectivity index (χ1n) is 9.33. The van der Waals surface area contributed by atoms with Crippen LogP contribution in [0.5, 0.6) is 0 Å². The largest absolute Gasteiger partial charge is 0.444 e. The molecule has 1 aliphatic rings. The molecule has 2 aromatic heterocycles. The normalized spacial score (nSPS) is 20.3. The zero-order valence-electron chi connectivity index (χ0n) is 16.6. The summed E-state index contributed by atoms with van der Waals surface area (Å²) in [6, 6.07) is 1.72. The van der Waals surface area contributed by atoms with Crippen LogP contribution in [0.4, 0.5) is 10.6 Å². The van der Waals surface area contributed by atoms with Crippen molar-refractivity contribution in [2.45, 2.75) is 38.9 Å². The highest BCUT2D eigenvalue weighted by Gasteiger charge is 2.32. The Hall–Kier alpha value is -2.19. The van der Waals surface area contributed by atoms with Gasteiger partial charge < -0.3 is 20.1 Å². The Bertz CT molecular complexity index is 871. The first-order chi connectivity index (χ1) is 13.1. The Kier molecular flexibility index (Phi) is 5.90. The molecule has 0 aromatic carbocycles. The second kappa shape index (κ2) is 8.05. The van der Waals surface area contributed by atoms with Gasteiger partial charge in [0.2, 0.25) is 5.82 Å². The van der Waals surface area contributed by atoms with Crippen LogP contribution in [0, 0.1) is 5.92 Å². The highest BCUT2D eigenvalue weighted by atomic mass is 35.5. The zero-order chi connectivity index (χ0) is 20.5. The van der Waals surface area contributed by atoms with E-state index in [1.54, 1.807) is 17.2 Å². The number of β-amino-alcohol motifs (C(OH)–C–C–N with tert-alkyl or cyclic N) is 1. The lowest BCUT2D eigenvalue weighted by Gasteiger charge is -2.36. The number of amides is 1. The van der Waals surface area contributed by atoms with E-state index in [0.717, 1.165) is 11.0 Å². The molecule has 2 unspecified atom stereocenters. The van der Waals surface area contributed by atoms with E-state index in [1.165, 1.54) is 0 Å². The van der Waals surface area contributed by atoms with Gasteiger partial charge in [0.25, 0.3) is 5.52 Å². The molecule has 0 bridgehead atoms. The average Bonchev–Trinajstić information content (AvgIpc) is 2.57. The number of carbonyl (C=O) groups is 1. The topological polar surface area (TPSA) is 91.5 Å². The number of pyridine rings is 1. The summed E-state index contributed by atoms with van der Waals surface area (Å²) < 4.78 is 7.37. The number of rotatable bonds is 3. The van der Waals surface area contributed by atoms with E-state index < -0.39 is 17.8 Å². The van der Waals surface area contributed by atoms with Gasteiger partial charge in [-0.2, -0.15) is 4.57 Å². The van der Waals surface area contributed by atoms with Crippen molar-refractivity contribution in [3.63, 3.8) is 0 Å². The van der Waals surface area contributed by atoms with Crippen LogP contribution in [-0.4, -0.2) is 57.4 Å². The summed E-state index contributed by atoms with van der Waals surface area (Å²) in [6.45, 7) is 6.80. The van der Waals surface area contributed by atoms with E-state index in [1.807, 2.05) is 38.6 Å². The molecule has 152 valence electrons. The number of hydrogen-bond donors (Lipinski definition) is 2. The average molecular weight is 409 g/mol. The maximum Gasteiger partial charge on any atom is 0.410 e. The first kappa shape index (κ1) is 20.5. The summed E-state index contributed by atoms with van der Waals surface area (Å²) >= 11 is 6.14. The van der Waals surface area contributed by atoms with Gasteiger partial charge in [-0.25, -0.2) is 14.8 Å². The smallest absolute Gasteiger partial charge is 0.410 e. The molecule has 1 aliphatic heterocycles. The van der Waals surface area contributed by atoms with Gasteiger partial charge in [-0.1, -0.05) is 11.6 Å². The van der Waals surface area contributed by atoms with Crippen molar-refractivity contribution in [3.05, 3.63) is 23.6 Å². The van der Waals surface area contributed by atoms with Crippen LogP contribution in [0.1, 0.15) is 27.2 Å². The molecule has 3 heterocycles. The van der Waals surface area contributed by atoms with Crippen molar-refractivity contribution in [1.82, 2.24) is 14.9 Å². The molecule has 1 amide bonds. The highest BCUT2D eigenvalue weighted by molar-refractivity contribution is 6.30. The second-order valence-corrected chi connectivity index (χ2v) is 8.61. The summed E-state index contributed by atoms with van der Waals surface area (Å²) in [4.78, 5) is 22.7. The molecule has 0 aliphatic carbocycles. The summed E-state index contributed by atoms with van der Waals surface area (Å²) in [6.07, 6.45) is 3.15. The Balaban J connectivity index is 1.72. The lowest BCUT2D eigenvalue weighted by molar-refractivity contribution is -0.644. The van der Waals surface area contributed by atoms with E-state index in [0.29, 0.717) is 30.5 Å². The Morgan fingerprint density at radius 1 is 1.46 bits per heavy atom. The molecular formula is C19H27ClN5O3+. The van der Waals surface area contributed by atoms with Crippen molar-refractivity contribution < 1.29 is 19.2 Å². The number of nitrogens with zero attached hydrogens (tertiary/aromatic N) is 4. The lowest BCUT2D eigenvalue weighted by Crippen LogP contribution is -2.49. The second-order valence-electron chi connectivity index (χ2n) is 8.22. The van der Waals surface area contributed by atoms with Gasteiger partial charge in [-0.3, -0.25) is 0 Å². The molecule has 0 saturated carbocycles. The quantitative estimate of drug-likeness (QED) is 0.597. The number of nitrogens with one attached hydrogen (secondary N) is 1. The molecular weight excluding hydrogens is 382 g/mol. The molecule has 8 nitrogen and oxygen atoms in total. The monoisotopic (exact) mass is 408 g/mol. The van der Waals surface area contributed by atoms with E-state index >= 15 is 0 Å². The number of halogens is 1. The van der Waals surface area contributed by atoms with Gasteiger partial charge in [0.05, 0.1) is 12.3 Å². The maximum atomic E-state index is 12.4. The van der Waals surface area contributed by atoms with Crippen molar-refractivity contribution in [3.8, 4) is 0 Å². The number of aliphatic hydroxyl groups is 1. The maximum absolute atomic E-state index is 12.4. The third-order valence-electron chi connectivity index (χ3n) is 4.52. The number of hydrogen-bond acceptors (Lipinski definition) is 6. The van der Waals surface area contributed by atoms with Gasteiger partial charge in [0.15, 0.2) is 6.20 Å². The fourth-order valence-electron chi connectivity index (χ4n) is 3.39. The molecule has 9 heteroatoms.